The van der Waals surface area contributed by atoms with Crippen LogP contribution >= 0.6 is 0 Å². The van der Waals surface area contributed by atoms with Gasteiger partial charge in [-0.05, 0) is 31.4 Å². The molecule has 0 saturated carbocycles. The molecule has 0 aliphatic rings. The van der Waals surface area contributed by atoms with Gasteiger partial charge in [-0.2, -0.15) is 0 Å². The number of rotatable bonds is 6. The minimum atomic E-state index is -0.395. The maximum atomic E-state index is 11.2. The van der Waals surface area contributed by atoms with Crippen LogP contribution in [0.25, 0.3) is 0 Å². The molecule has 1 heterocycles. The predicted molar refractivity (Wildman–Crippen MR) is 53.0 cm³/mol. The lowest BCUT2D eigenvalue weighted by atomic mass is 10.2. The van der Waals surface area contributed by atoms with Crippen LogP contribution in [0, 0.1) is 0 Å². The van der Waals surface area contributed by atoms with Gasteiger partial charge in [0.2, 0.25) is 5.76 Å². The molecule has 3 heteroatoms. The Kier molecular flexibility index (Phi) is 4.55. The van der Waals surface area contributed by atoms with E-state index in [1.54, 1.807) is 12.1 Å². The van der Waals surface area contributed by atoms with Crippen molar-refractivity contribution in [2.75, 3.05) is 6.61 Å². The topological polar surface area (TPSA) is 39.4 Å². The standard InChI is InChI=1S/C11H14O3/c1-2-3-4-5-8-14-11(12)10-7-6-9-13-10/h2,6-7,9H,1,3-5,8H2. The van der Waals surface area contributed by atoms with E-state index in [2.05, 4.69) is 6.58 Å². The fourth-order valence-corrected chi connectivity index (χ4v) is 1.02. The van der Waals surface area contributed by atoms with Crippen molar-refractivity contribution in [3.8, 4) is 0 Å². The lowest BCUT2D eigenvalue weighted by Gasteiger charge is -2.01. The predicted octanol–water partition coefficient (Wildman–Crippen LogP) is 2.79. The molecule has 0 atom stereocenters. The molecule has 1 aromatic rings. The zero-order chi connectivity index (χ0) is 10.2. The first-order chi connectivity index (χ1) is 6.84. The van der Waals surface area contributed by atoms with Gasteiger partial charge in [-0.25, -0.2) is 4.79 Å². The number of carbonyl (C=O) groups is 1. The van der Waals surface area contributed by atoms with E-state index >= 15 is 0 Å². The first-order valence-corrected chi connectivity index (χ1v) is 4.66. The van der Waals surface area contributed by atoms with Gasteiger partial charge < -0.3 is 9.15 Å². The molecule has 1 rings (SSSR count). The zero-order valence-corrected chi connectivity index (χ0v) is 8.07. The maximum Gasteiger partial charge on any atom is 0.374 e. The molecule has 0 aliphatic carbocycles. The quantitative estimate of drug-likeness (QED) is 0.397. The van der Waals surface area contributed by atoms with Gasteiger partial charge in [0.15, 0.2) is 0 Å². The molecule has 0 radical (unpaired) electrons. The molecule has 0 N–H and O–H groups in total. The van der Waals surface area contributed by atoms with Crippen LogP contribution in [-0.2, 0) is 4.74 Å². The molecule has 0 aliphatic heterocycles. The summed E-state index contributed by atoms with van der Waals surface area (Å²) in [7, 11) is 0. The van der Waals surface area contributed by atoms with E-state index < -0.39 is 5.97 Å². The van der Waals surface area contributed by atoms with Crippen molar-refractivity contribution in [2.24, 2.45) is 0 Å². The van der Waals surface area contributed by atoms with Crippen molar-refractivity contribution in [2.45, 2.75) is 19.3 Å². The largest absolute Gasteiger partial charge is 0.460 e. The number of furan rings is 1. The summed E-state index contributed by atoms with van der Waals surface area (Å²) >= 11 is 0. The number of ether oxygens (including phenoxy) is 1. The smallest absolute Gasteiger partial charge is 0.374 e. The Hall–Kier alpha value is -1.51. The third-order valence-electron chi connectivity index (χ3n) is 1.76. The van der Waals surface area contributed by atoms with E-state index in [4.69, 9.17) is 9.15 Å². The number of unbranched alkanes of at least 4 members (excludes halogenated alkanes) is 2. The van der Waals surface area contributed by atoms with Gasteiger partial charge in [0.25, 0.3) is 0 Å². The van der Waals surface area contributed by atoms with Crippen LogP contribution in [0.1, 0.15) is 29.8 Å². The molecule has 76 valence electrons. The summed E-state index contributed by atoms with van der Waals surface area (Å²) in [4.78, 5) is 11.2. The lowest BCUT2D eigenvalue weighted by Crippen LogP contribution is -2.04. The molecule has 3 nitrogen and oxygen atoms in total. The zero-order valence-electron chi connectivity index (χ0n) is 8.07. The Bertz CT molecular complexity index is 275. The summed E-state index contributed by atoms with van der Waals surface area (Å²) in [5, 5.41) is 0. The van der Waals surface area contributed by atoms with E-state index in [-0.39, 0.29) is 5.76 Å². The Balaban J connectivity index is 2.13. The number of allylic oxidation sites excluding steroid dienone is 1. The van der Waals surface area contributed by atoms with E-state index in [1.807, 2.05) is 6.08 Å². The number of hydrogen-bond acceptors (Lipinski definition) is 3. The average molecular weight is 194 g/mol. The Morgan fingerprint density at radius 1 is 1.57 bits per heavy atom. The van der Waals surface area contributed by atoms with Gasteiger partial charge >= 0.3 is 5.97 Å². The third-order valence-corrected chi connectivity index (χ3v) is 1.76. The van der Waals surface area contributed by atoms with Crippen LogP contribution in [-0.4, -0.2) is 12.6 Å². The van der Waals surface area contributed by atoms with Gasteiger partial charge in [0.05, 0.1) is 12.9 Å². The Morgan fingerprint density at radius 3 is 3.07 bits per heavy atom. The highest BCUT2D eigenvalue weighted by Gasteiger charge is 2.08. The van der Waals surface area contributed by atoms with Crippen molar-refractivity contribution in [3.63, 3.8) is 0 Å². The minimum Gasteiger partial charge on any atom is -0.460 e. The van der Waals surface area contributed by atoms with Crippen molar-refractivity contribution < 1.29 is 13.9 Å². The van der Waals surface area contributed by atoms with Crippen molar-refractivity contribution in [1.82, 2.24) is 0 Å². The normalized spacial score (nSPS) is 9.71. The highest BCUT2D eigenvalue weighted by Crippen LogP contribution is 2.03. The van der Waals surface area contributed by atoms with Gasteiger partial charge in [-0.15, -0.1) is 6.58 Å². The van der Waals surface area contributed by atoms with Crippen LogP contribution in [0.15, 0.2) is 35.5 Å². The summed E-state index contributed by atoms with van der Waals surface area (Å²) < 4.78 is 9.85. The molecule has 0 amide bonds. The van der Waals surface area contributed by atoms with Crippen molar-refractivity contribution in [3.05, 3.63) is 36.8 Å². The van der Waals surface area contributed by atoms with Gasteiger partial charge in [0, 0.05) is 0 Å². The second kappa shape index (κ2) is 6.02. The Morgan fingerprint density at radius 2 is 2.43 bits per heavy atom. The number of esters is 1. The number of carbonyl (C=O) groups excluding carboxylic acids is 1. The third kappa shape index (κ3) is 3.47. The Labute approximate surface area is 83.4 Å². The summed E-state index contributed by atoms with van der Waals surface area (Å²) in [6.45, 7) is 4.05. The highest BCUT2D eigenvalue weighted by atomic mass is 16.5. The minimum absolute atomic E-state index is 0.258. The van der Waals surface area contributed by atoms with Crippen molar-refractivity contribution in [1.29, 1.82) is 0 Å². The summed E-state index contributed by atoms with van der Waals surface area (Å²) in [5.74, 6) is -0.137. The maximum absolute atomic E-state index is 11.2. The van der Waals surface area contributed by atoms with E-state index in [0.29, 0.717) is 6.61 Å². The molecule has 0 saturated heterocycles. The first-order valence-electron chi connectivity index (χ1n) is 4.66. The van der Waals surface area contributed by atoms with Crippen LogP contribution in [0.3, 0.4) is 0 Å². The molecule has 1 aromatic heterocycles. The molecule has 14 heavy (non-hydrogen) atoms. The molecular formula is C11H14O3. The summed E-state index contributed by atoms with van der Waals surface area (Å²) in [5.41, 5.74) is 0. The van der Waals surface area contributed by atoms with Crippen LogP contribution in [0.4, 0.5) is 0 Å². The van der Waals surface area contributed by atoms with Gasteiger partial charge in [0.1, 0.15) is 0 Å². The van der Waals surface area contributed by atoms with Gasteiger partial charge in [-0.1, -0.05) is 6.08 Å². The average Bonchev–Trinajstić information content (AvgIpc) is 2.70. The fraction of sp³-hybridized carbons (Fsp3) is 0.364. The van der Waals surface area contributed by atoms with E-state index in [1.165, 1.54) is 6.26 Å². The first kappa shape index (κ1) is 10.6. The molecule has 0 aromatic carbocycles. The second-order valence-electron chi connectivity index (χ2n) is 2.90. The van der Waals surface area contributed by atoms with Crippen LogP contribution in [0.5, 0.6) is 0 Å². The molecule has 0 unspecified atom stereocenters. The molecule has 0 spiro atoms. The van der Waals surface area contributed by atoms with Crippen molar-refractivity contribution >= 4 is 5.97 Å². The molecular weight excluding hydrogens is 180 g/mol. The highest BCUT2D eigenvalue weighted by molar-refractivity contribution is 5.86. The van der Waals surface area contributed by atoms with Crippen LogP contribution < -0.4 is 0 Å². The van der Waals surface area contributed by atoms with Crippen LogP contribution in [0.2, 0.25) is 0 Å². The van der Waals surface area contributed by atoms with E-state index in [0.717, 1.165) is 19.3 Å². The summed E-state index contributed by atoms with van der Waals surface area (Å²) in [6.07, 6.45) is 6.12. The molecule has 0 bridgehead atoms. The molecule has 0 fully saturated rings. The van der Waals surface area contributed by atoms with Gasteiger partial charge in [-0.3, -0.25) is 0 Å². The number of hydrogen-bond donors (Lipinski definition) is 0. The fourth-order valence-electron chi connectivity index (χ4n) is 1.02. The SMILES string of the molecule is C=CCCCCOC(=O)c1ccco1. The van der Waals surface area contributed by atoms with E-state index in [9.17, 15) is 4.79 Å². The second-order valence-corrected chi connectivity index (χ2v) is 2.90. The lowest BCUT2D eigenvalue weighted by molar-refractivity contribution is 0.0462. The summed E-state index contributed by atoms with van der Waals surface area (Å²) in [6, 6.07) is 3.25. The monoisotopic (exact) mass is 194 g/mol.